The topological polar surface area (TPSA) is 0 Å². The molecule has 1 rings (SSSR count). The zero-order chi connectivity index (χ0) is 7.78. The molecule has 0 N–H and O–H groups in total. The lowest BCUT2D eigenvalue weighted by Gasteiger charge is -2.19. The predicted octanol–water partition coefficient (Wildman–Crippen LogP) is 3.24. The first-order valence-electron chi connectivity index (χ1n) is 4.30. The Balaban J connectivity index is 2.59. The quantitative estimate of drug-likeness (QED) is 0.525. The molecule has 3 atom stereocenters. The van der Waals surface area contributed by atoms with E-state index in [-0.39, 0.29) is 0 Å². The molecule has 0 heterocycles. The molecule has 0 bridgehead atoms. The van der Waals surface area contributed by atoms with Crippen LogP contribution >= 0.6 is 0 Å². The van der Waals surface area contributed by atoms with Crippen molar-refractivity contribution in [3.63, 3.8) is 0 Å². The SMILES string of the molecule is C=CC(C)C1(CC)CC1C. The van der Waals surface area contributed by atoms with Crippen molar-refractivity contribution in [1.82, 2.24) is 0 Å². The van der Waals surface area contributed by atoms with E-state index in [1.165, 1.54) is 12.8 Å². The molecule has 1 aliphatic rings. The largest absolute Gasteiger partial charge is 0.103 e. The van der Waals surface area contributed by atoms with Crippen LogP contribution in [0.5, 0.6) is 0 Å². The van der Waals surface area contributed by atoms with E-state index in [0.717, 1.165) is 5.92 Å². The second-order valence-corrected chi connectivity index (χ2v) is 3.72. The first-order valence-corrected chi connectivity index (χ1v) is 4.30. The maximum absolute atomic E-state index is 3.85. The number of allylic oxidation sites excluding steroid dienone is 1. The molecule has 1 aliphatic carbocycles. The van der Waals surface area contributed by atoms with Crippen LogP contribution in [-0.4, -0.2) is 0 Å². The zero-order valence-corrected chi connectivity index (χ0v) is 7.35. The van der Waals surface area contributed by atoms with E-state index < -0.39 is 0 Å². The van der Waals surface area contributed by atoms with Crippen LogP contribution in [-0.2, 0) is 0 Å². The molecule has 0 nitrogen and oxygen atoms in total. The van der Waals surface area contributed by atoms with Gasteiger partial charge < -0.3 is 0 Å². The normalized spacial score (nSPS) is 40.9. The summed E-state index contributed by atoms with van der Waals surface area (Å²) in [6, 6.07) is 0. The summed E-state index contributed by atoms with van der Waals surface area (Å²) in [6.07, 6.45) is 4.84. The third-order valence-electron chi connectivity index (χ3n) is 3.43. The number of hydrogen-bond donors (Lipinski definition) is 0. The highest BCUT2D eigenvalue weighted by atomic mass is 14.6. The van der Waals surface area contributed by atoms with Crippen LogP contribution in [0.1, 0.15) is 33.6 Å². The Bertz CT molecular complexity index is 133. The van der Waals surface area contributed by atoms with E-state index in [1.54, 1.807) is 0 Å². The van der Waals surface area contributed by atoms with Crippen molar-refractivity contribution in [2.75, 3.05) is 0 Å². The zero-order valence-electron chi connectivity index (χ0n) is 7.35. The maximum atomic E-state index is 3.85. The first-order chi connectivity index (χ1) is 4.67. The van der Waals surface area contributed by atoms with Gasteiger partial charge in [-0.2, -0.15) is 0 Å². The lowest BCUT2D eigenvalue weighted by Crippen LogP contribution is -2.10. The molecule has 1 saturated carbocycles. The van der Waals surface area contributed by atoms with Gasteiger partial charge in [0.2, 0.25) is 0 Å². The van der Waals surface area contributed by atoms with E-state index in [4.69, 9.17) is 0 Å². The van der Waals surface area contributed by atoms with Gasteiger partial charge in [-0.1, -0.05) is 26.8 Å². The first kappa shape index (κ1) is 7.84. The van der Waals surface area contributed by atoms with Gasteiger partial charge in [0.1, 0.15) is 0 Å². The third kappa shape index (κ3) is 0.902. The van der Waals surface area contributed by atoms with E-state index in [0.29, 0.717) is 11.3 Å². The number of hydrogen-bond acceptors (Lipinski definition) is 0. The van der Waals surface area contributed by atoms with Gasteiger partial charge in [0.05, 0.1) is 0 Å². The minimum Gasteiger partial charge on any atom is -0.103 e. The Labute approximate surface area is 64.3 Å². The summed E-state index contributed by atoms with van der Waals surface area (Å²) >= 11 is 0. The average Bonchev–Trinajstić information content (AvgIpc) is 2.61. The van der Waals surface area contributed by atoms with Gasteiger partial charge in [0, 0.05) is 0 Å². The van der Waals surface area contributed by atoms with Gasteiger partial charge in [-0.3, -0.25) is 0 Å². The molecule has 0 aromatic heterocycles. The van der Waals surface area contributed by atoms with Gasteiger partial charge in [0.15, 0.2) is 0 Å². The van der Waals surface area contributed by atoms with Crippen molar-refractivity contribution in [2.24, 2.45) is 17.3 Å². The summed E-state index contributed by atoms with van der Waals surface area (Å²) in [5.41, 5.74) is 0.641. The van der Waals surface area contributed by atoms with E-state index in [9.17, 15) is 0 Å². The van der Waals surface area contributed by atoms with Crippen molar-refractivity contribution < 1.29 is 0 Å². The van der Waals surface area contributed by atoms with Crippen LogP contribution in [0, 0.1) is 17.3 Å². The smallest absolute Gasteiger partial charge is 0.0205 e. The van der Waals surface area contributed by atoms with E-state index >= 15 is 0 Å². The van der Waals surface area contributed by atoms with Crippen molar-refractivity contribution in [1.29, 1.82) is 0 Å². The van der Waals surface area contributed by atoms with Crippen LogP contribution in [0.4, 0.5) is 0 Å². The van der Waals surface area contributed by atoms with Crippen LogP contribution in [0.2, 0.25) is 0 Å². The number of rotatable bonds is 3. The van der Waals surface area contributed by atoms with Crippen molar-refractivity contribution >= 4 is 0 Å². The Morgan fingerprint density at radius 3 is 2.40 bits per heavy atom. The molecule has 58 valence electrons. The van der Waals surface area contributed by atoms with Gasteiger partial charge in [-0.05, 0) is 30.1 Å². The van der Waals surface area contributed by atoms with Gasteiger partial charge >= 0.3 is 0 Å². The fourth-order valence-corrected chi connectivity index (χ4v) is 2.20. The molecule has 0 aromatic carbocycles. The highest BCUT2D eigenvalue weighted by molar-refractivity contribution is 5.06. The summed E-state index contributed by atoms with van der Waals surface area (Å²) < 4.78 is 0. The molecule has 0 spiro atoms. The summed E-state index contributed by atoms with van der Waals surface area (Å²) in [5.74, 6) is 1.65. The third-order valence-corrected chi connectivity index (χ3v) is 3.43. The molecule has 0 radical (unpaired) electrons. The summed E-state index contributed by atoms with van der Waals surface area (Å²) in [6.45, 7) is 10.8. The summed E-state index contributed by atoms with van der Waals surface area (Å²) in [4.78, 5) is 0. The molecular weight excluding hydrogens is 120 g/mol. The molecular formula is C10H18. The minimum atomic E-state index is 0.641. The Kier molecular flexibility index (Phi) is 1.89. The maximum Gasteiger partial charge on any atom is -0.0205 e. The molecule has 0 heteroatoms. The monoisotopic (exact) mass is 138 g/mol. The van der Waals surface area contributed by atoms with Crippen LogP contribution < -0.4 is 0 Å². The van der Waals surface area contributed by atoms with Gasteiger partial charge in [-0.15, -0.1) is 6.58 Å². The fourth-order valence-electron chi connectivity index (χ4n) is 2.20. The van der Waals surface area contributed by atoms with Crippen LogP contribution in [0.3, 0.4) is 0 Å². The Morgan fingerprint density at radius 1 is 1.80 bits per heavy atom. The van der Waals surface area contributed by atoms with Crippen molar-refractivity contribution in [3.05, 3.63) is 12.7 Å². The molecule has 0 aliphatic heterocycles. The van der Waals surface area contributed by atoms with Crippen LogP contribution in [0.15, 0.2) is 12.7 Å². The highest BCUT2D eigenvalue weighted by Crippen LogP contribution is 2.60. The van der Waals surface area contributed by atoms with Crippen molar-refractivity contribution in [2.45, 2.75) is 33.6 Å². The van der Waals surface area contributed by atoms with Crippen molar-refractivity contribution in [3.8, 4) is 0 Å². The molecule has 3 unspecified atom stereocenters. The second-order valence-electron chi connectivity index (χ2n) is 3.72. The summed E-state index contributed by atoms with van der Waals surface area (Å²) in [5, 5.41) is 0. The lowest BCUT2D eigenvalue weighted by atomic mass is 9.86. The molecule has 1 fully saturated rings. The summed E-state index contributed by atoms with van der Waals surface area (Å²) in [7, 11) is 0. The van der Waals surface area contributed by atoms with Gasteiger partial charge in [-0.25, -0.2) is 0 Å². The van der Waals surface area contributed by atoms with Crippen LogP contribution in [0.25, 0.3) is 0 Å². The van der Waals surface area contributed by atoms with E-state index in [2.05, 4.69) is 33.4 Å². The van der Waals surface area contributed by atoms with E-state index in [1.807, 2.05) is 0 Å². The standard InChI is InChI=1S/C10H18/c1-5-8(3)10(6-2)7-9(10)4/h5,8-9H,1,6-7H2,2-4H3. The minimum absolute atomic E-state index is 0.641. The molecule has 0 aromatic rings. The lowest BCUT2D eigenvalue weighted by molar-refractivity contribution is 0.351. The fraction of sp³-hybridized carbons (Fsp3) is 0.800. The second kappa shape index (κ2) is 2.41. The van der Waals surface area contributed by atoms with Gasteiger partial charge in [0.25, 0.3) is 0 Å². The Morgan fingerprint density at radius 2 is 2.30 bits per heavy atom. The average molecular weight is 138 g/mol. The Hall–Kier alpha value is -0.260. The molecule has 0 saturated heterocycles. The highest BCUT2D eigenvalue weighted by Gasteiger charge is 2.51. The molecule has 10 heavy (non-hydrogen) atoms. The predicted molar refractivity (Wildman–Crippen MR) is 45.9 cm³/mol. The molecule has 0 amide bonds.